The Labute approximate surface area is 422 Å². The zero-order valence-corrected chi connectivity index (χ0v) is 42.2. The van der Waals surface area contributed by atoms with Crippen molar-refractivity contribution in [2.75, 3.05) is 33.2 Å². The summed E-state index contributed by atoms with van der Waals surface area (Å²) in [6, 6.07) is -1.16. The highest BCUT2D eigenvalue weighted by Crippen LogP contribution is 2.21. The average molecular weight is 1030 g/mol. The summed E-state index contributed by atoms with van der Waals surface area (Å²) in [4.78, 5) is 137. The summed E-state index contributed by atoms with van der Waals surface area (Å²) in [6.45, 7) is 8.70. The van der Waals surface area contributed by atoms with Gasteiger partial charge in [-0.1, -0.05) is 46.2 Å². The smallest absolute Gasteiger partial charge is 0.322 e. The number of benzene rings is 1. The number of aromatic amines is 1. The Morgan fingerprint density at radius 3 is 1.90 bits per heavy atom. The molecule has 0 spiro atoms. The summed E-state index contributed by atoms with van der Waals surface area (Å²) in [5.41, 5.74) is 11.9. The molecular weight excluding hydrogens is 959 g/mol. The van der Waals surface area contributed by atoms with Crippen molar-refractivity contribution < 1.29 is 68.4 Å². The number of aromatic hydroxyl groups is 1. The minimum Gasteiger partial charge on any atom is -0.508 e. The standard InChI is InChI=1S/C42H65N13O10.2C2H4O2/c1-6-24(4)35(40(64)52-30(18-26-19-46-22-49-26)41(65)55-16-8-10-31(55)38(62)48-21-33(58)59)54-37(61)29(17-25-11-13-27(56)14-12-25)51-39(63)34(23(2)3)53-36(60)28(50-32(57)20-45-5)9-7-15-47-42(43)44;2*1-2(3)4/h11-14,19,22-24,28-31,34-35,45,56H,6-10,15-18,20-21H2,1-5H3,(H,46,49)(H,48,62)(H,50,57)(H,51,63)(H,52,64)(H,53,60)(H,54,61)(H,58,59)(H4,43,44,47);2*1H3,(H,3,4)/t24-,28-,29-,30-,31-,34-,35-;;/m0../s1. The summed E-state index contributed by atoms with van der Waals surface area (Å²) in [7, 11) is 1.57. The molecule has 16 N–H and O–H groups in total. The van der Waals surface area contributed by atoms with Crippen LogP contribution in [0.15, 0.2) is 41.8 Å². The average Bonchev–Trinajstić information content (AvgIpc) is 4.02. The molecule has 2 aromatic rings. The molecular formula is C46H73N13O14. The van der Waals surface area contributed by atoms with Gasteiger partial charge in [0.2, 0.25) is 41.4 Å². The van der Waals surface area contributed by atoms with Gasteiger partial charge in [0.15, 0.2) is 5.96 Å². The van der Waals surface area contributed by atoms with Crippen molar-refractivity contribution in [3.63, 3.8) is 0 Å². The fourth-order valence-electron chi connectivity index (χ4n) is 7.12. The van der Waals surface area contributed by atoms with Crippen LogP contribution in [-0.4, -0.2) is 170 Å². The zero-order chi connectivity index (χ0) is 55.4. The maximum atomic E-state index is 14.4. The Morgan fingerprint density at radius 2 is 1.37 bits per heavy atom. The van der Waals surface area contributed by atoms with Gasteiger partial charge in [0.1, 0.15) is 48.5 Å². The number of carbonyl (C=O) groups is 10. The number of carbonyl (C=O) groups excluding carboxylic acids is 7. The van der Waals surface area contributed by atoms with Gasteiger partial charge >= 0.3 is 5.97 Å². The van der Waals surface area contributed by atoms with Crippen LogP contribution in [0.25, 0.3) is 0 Å². The second kappa shape index (κ2) is 32.9. The van der Waals surface area contributed by atoms with E-state index in [1.165, 1.54) is 29.6 Å². The second-order valence-corrected chi connectivity index (χ2v) is 17.3. The van der Waals surface area contributed by atoms with Crippen LogP contribution in [0.3, 0.4) is 0 Å². The number of imidazole rings is 1. The van der Waals surface area contributed by atoms with Gasteiger partial charge in [-0.3, -0.25) is 52.9 Å². The Kier molecular flexibility index (Phi) is 28.5. The fourth-order valence-corrected chi connectivity index (χ4v) is 7.12. The highest BCUT2D eigenvalue weighted by Gasteiger charge is 2.40. The molecule has 0 bridgehead atoms. The first kappa shape index (κ1) is 63.2. The fraction of sp³-hybridized carbons (Fsp3) is 0.565. The lowest BCUT2D eigenvalue weighted by molar-refractivity contribution is -0.143. The molecule has 1 aromatic carbocycles. The largest absolute Gasteiger partial charge is 0.508 e. The summed E-state index contributed by atoms with van der Waals surface area (Å²) in [6.07, 6.45) is 4.26. The van der Waals surface area contributed by atoms with E-state index in [2.05, 4.69) is 52.2 Å². The SMILES string of the molecule is CC(=O)O.CC(=O)O.CC[C@H](C)[C@H](NC(=O)[C@H](Cc1ccc(O)cc1)NC(=O)[C@@H](NC(=O)[C@H](CCCN=C(N)N)NC(=O)CNC)C(C)C)C(=O)N[C@@H](Cc1cnc[nH]1)C(=O)N1CCC[C@H]1C(=O)NCC(=O)O. The molecule has 1 fully saturated rings. The van der Waals surface area contributed by atoms with Crippen LogP contribution in [0.4, 0.5) is 0 Å². The van der Waals surface area contributed by atoms with Crippen LogP contribution in [0.5, 0.6) is 5.75 Å². The van der Waals surface area contributed by atoms with E-state index in [0.717, 1.165) is 13.8 Å². The van der Waals surface area contributed by atoms with Crippen LogP contribution >= 0.6 is 0 Å². The molecule has 0 unspecified atom stereocenters. The Bertz CT molecular complexity index is 2150. The van der Waals surface area contributed by atoms with Crippen LogP contribution in [0.1, 0.15) is 84.9 Å². The van der Waals surface area contributed by atoms with Gasteiger partial charge in [0.25, 0.3) is 11.9 Å². The molecule has 2 heterocycles. The third-order valence-electron chi connectivity index (χ3n) is 10.8. The minimum atomic E-state index is -1.34. The predicted molar refractivity (Wildman–Crippen MR) is 264 cm³/mol. The Hall–Kier alpha value is -7.84. The Morgan fingerprint density at radius 1 is 0.795 bits per heavy atom. The van der Waals surface area contributed by atoms with Crippen molar-refractivity contribution in [2.24, 2.45) is 28.3 Å². The van der Waals surface area contributed by atoms with Crippen molar-refractivity contribution in [3.8, 4) is 5.75 Å². The lowest BCUT2D eigenvalue weighted by atomic mass is 9.96. The summed E-state index contributed by atoms with van der Waals surface area (Å²) < 4.78 is 0. The summed E-state index contributed by atoms with van der Waals surface area (Å²) in [5.74, 6) is -8.76. The number of likely N-dealkylation sites (tertiary alicyclic amines) is 1. The van der Waals surface area contributed by atoms with E-state index in [9.17, 15) is 43.5 Å². The molecule has 1 aromatic heterocycles. The molecule has 27 heteroatoms. The van der Waals surface area contributed by atoms with Crippen molar-refractivity contribution in [2.45, 2.75) is 123 Å². The zero-order valence-electron chi connectivity index (χ0n) is 42.2. The number of nitrogens with two attached hydrogens (primary N) is 2. The van der Waals surface area contributed by atoms with Gasteiger partial charge < -0.3 is 79.0 Å². The molecule has 7 atom stereocenters. The van der Waals surface area contributed by atoms with Crippen LogP contribution in [0, 0.1) is 11.8 Å². The normalized spacial score (nSPS) is 15.1. The van der Waals surface area contributed by atoms with Gasteiger partial charge in [0.05, 0.1) is 12.9 Å². The molecule has 1 aliphatic heterocycles. The molecule has 1 saturated heterocycles. The number of amides is 7. The molecule has 406 valence electrons. The maximum Gasteiger partial charge on any atom is 0.322 e. The first-order valence-corrected chi connectivity index (χ1v) is 23.5. The number of carboxylic acids is 3. The molecule has 1 aliphatic rings. The van der Waals surface area contributed by atoms with Crippen molar-refractivity contribution in [1.29, 1.82) is 0 Å². The number of rotatable bonds is 26. The number of nitrogens with one attached hydrogen (secondary N) is 8. The molecule has 27 nitrogen and oxygen atoms in total. The first-order chi connectivity index (χ1) is 34.3. The van der Waals surface area contributed by atoms with Crippen molar-refractivity contribution in [1.82, 2.24) is 52.1 Å². The lowest BCUT2D eigenvalue weighted by Gasteiger charge is -2.31. The summed E-state index contributed by atoms with van der Waals surface area (Å²) >= 11 is 0. The molecule has 7 amide bonds. The number of phenolic OH excluding ortho intramolecular Hbond substituents is 1. The molecule has 3 rings (SSSR count). The first-order valence-electron chi connectivity index (χ1n) is 23.5. The third kappa shape index (κ3) is 24.7. The molecule has 0 radical (unpaired) electrons. The van der Waals surface area contributed by atoms with Crippen LogP contribution in [-0.2, 0) is 60.8 Å². The van der Waals surface area contributed by atoms with Gasteiger partial charge in [0, 0.05) is 51.7 Å². The number of likely N-dealkylation sites (N-methyl/N-ethyl adjacent to an activating group) is 1. The van der Waals surface area contributed by atoms with Crippen molar-refractivity contribution in [3.05, 3.63) is 48.0 Å². The van der Waals surface area contributed by atoms with Crippen LogP contribution < -0.4 is 48.7 Å². The van der Waals surface area contributed by atoms with E-state index < -0.39 is 114 Å². The number of H-pyrrole nitrogens is 1. The number of aromatic nitrogens is 2. The molecule has 73 heavy (non-hydrogen) atoms. The number of aliphatic imine (C=N–C) groups is 1. The van der Waals surface area contributed by atoms with Gasteiger partial charge in [-0.2, -0.15) is 0 Å². The van der Waals surface area contributed by atoms with Gasteiger partial charge in [-0.05, 0) is 62.3 Å². The quantitative estimate of drug-likeness (QED) is 0.0267. The maximum absolute atomic E-state index is 14.4. The van der Waals surface area contributed by atoms with E-state index in [-0.39, 0.29) is 57.0 Å². The van der Waals surface area contributed by atoms with Crippen LogP contribution in [0.2, 0.25) is 0 Å². The second-order valence-electron chi connectivity index (χ2n) is 17.3. The molecule has 0 aliphatic carbocycles. The van der Waals surface area contributed by atoms with E-state index >= 15 is 0 Å². The number of nitrogens with zero attached hydrogens (tertiary/aromatic N) is 3. The third-order valence-corrected chi connectivity index (χ3v) is 10.8. The predicted octanol–water partition coefficient (Wildman–Crippen LogP) is -2.33. The number of carboxylic acid groups (broad SMARTS) is 3. The highest BCUT2D eigenvalue weighted by molar-refractivity contribution is 5.98. The number of guanidine groups is 1. The Balaban J connectivity index is 0.00000309. The van der Waals surface area contributed by atoms with E-state index in [1.54, 1.807) is 46.9 Å². The number of phenols is 1. The topological polar surface area (TPSA) is 432 Å². The number of hydrogen-bond donors (Lipinski definition) is 14. The lowest BCUT2D eigenvalue weighted by Crippen LogP contribution is -2.62. The van der Waals surface area contributed by atoms with E-state index in [0.29, 0.717) is 30.5 Å². The monoisotopic (exact) mass is 1030 g/mol. The van der Waals surface area contributed by atoms with Gasteiger partial charge in [-0.15, -0.1) is 0 Å². The number of hydrogen-bond acceptors (Lipinski definition) is 14. The number of aliphatic carboxylic acids is 3. The summed E-state index contributed by atoms with van der Waals surface area (Å²) in [5, 5.41) is 52.6. The van der Waals surface area contributed by atoms with Gasteiger partial charge in [-0.25, -0.2) is 4.98 Å². The minimum absolute atomic E-state index is 0.0371. The van der Waals surface area contributed by atoms with E-state index in [1.807, 2.05) is 0 Å². The van der Waals surface area contributed by atoms with E-state index in [4.69, 9.17) is 36.4 Å². The van der Waals surface area contributed by atoms with Crippen molar-refractivity contribution >= 4 is 65.2 Å². The molecule has 0 saturated carbocycles. The highest BCUT2D eigenvalue weighted by atomic mass is 16.4.